The van der Waals surface area contributed by atoms with Crippen molar-refractivity contribution in [3.63, 3.8) is 0 Å². The number of anilines is 2. The topological polar surface area (TPSA) is 139 Å². The van der Waals surface area contributed by atoms with Gasteiger partial charge in [-0.1, -0.05) is 17.7 Å². The molecule has 0 bridgehead atoms. The molecule has 1 N–H and O–H groups in total. The Morgan fingerprint density at radius 2 is 1.87 bits per heavy atom. The number of nitrogens with one attached hydrogen (secondary N) is 1. The van der Waals surface area contributed by atoms with Crippen LogP contribution in [0.5, 0.6) is 11.6 Å². The van der Waals surface area contributed by atoms with Gasteiger partial charge in [0.1, 0.15) is 23.9 Å². The van der Waals surface area contributed by atoms with Gasteiger partial charge in [0.25, 0.3) is 5.88 Å². The van der Waals surface area contributed by atoms with E-state index in [4.69, 9.17) is 40.6 Å². The molecule has 47 heavy (non-hydrogen) atoms. The molecule has 1 saturated carbocycles. The number of aromatic nitrogens is 8. The van der Waals surface area contributed by atoms with E-state index in [9.17, 15) is 0 Å². The Bertz CT molecular complexity index is 1560. The molecule has 6 rings (SSSR count). The minimum atomic E-state index is -0.217. The fraction of sp³-hybridized carbons (Fsp3) is 0.562. The van der Waals surface area contributed by atoms with Gasteiger partial charge in [0.05, 0.1) is 55.4 Å². The van der Waals surface area contributed by atoms with Crippen LogP contribution in [0.2, 0.25) is 5.02 Å². The van der Waals surface area contributed by atoms with Crippen LogP contribution in [-0.2, 0) is 16.0 Å². The molecule has 0 spiro atoms. The lowest BCUT2D eigenvalue weighted by molar-refractivity contribution is 0.00502. The predicted octanol–water partition coefficient (Wildman–Crippen LogP) is 4.81. The first kappa shape index (κ1) is 33.1. The number of rotatable bonds is 14. The summed E-state index contributed by atoms with van der Waals surface area (Å²) in [5.41, 5.74) is 2.27. The fourth-order valence-corrected chi connectivity index (χ4v) is 6.22. The van der Waals surface area contributed by atoms with Gasteiger partial charge in [-0.2, -0.15) is 0 Å². The first-order chi connectivity index (χ1) is 22.9. The largest absolute Gasteiger partial charge is 0.487 e. The van der Waals surface area contributed by atoms with Gasteiger partial charge < -0.3 is 24.3 Å². The average Bonchev–Trinajstić information content (AvgIpc) is 3.76. The van der Waals surface area contributed by atoms with Crippen LogP contribution in [0.3, 0.4) is 0 Å². The summed E-state index contributed by atoms with van der Waals surface area (Å²) in [4.78, 5) is 11.9. The summed E-state index contributed by atoms with van der Waals surface area (Å²) in [6.45, 7) is 8.61. The smallest absolute Gasteiger partial charge is 0.256 e. The molecule has 1 aliphatic heterocycles. The molecule has 1 aliphatic carbocycles. The zero-order valence-corrected chi connectivity index (χ0v) is 27.9. The monoisotopic (exact) mass is 666 g/mol. The van der Waals surface area contributed by atoms with E-state index in [1.54, 1.807) is 30.4 Å². The van der Waals surface area contributed by atoms with Crippen molar-refractivity contribution in [2.75, 3.05) is 45.3 Å². The summed E-state index contributed by atoms with van der Waals surface area (Å²) >= 11 is 6.49. The molecule has 1 unspecified atom stereocenters. The van der Waals surface area contributed by atoms with Crippen LogP contribution in [0.15, 0.2) is 43.0 Å². The van der Waals surface area contributed by atoms with Crippen molar-refractivity contribution in [1.82, 2.24) is 44.9 Å². The molecule has 3 aromatic heterocycles. The summed E-state index contributed by atoms with van der Waals surface area (Å²) in [5.74, 6) is 1.50. The van der Waals surface area contributed by atoms with Crippen LogP contribution in [0, 0.1) is 0 Å². The maximum Gasteiger partial charge on any atom is 0.256 e. The van der Waals surface area contributed by atoms with E-state index in [0.29, 0.717) is 53.5 Å². The number of hydrogen-bond acceptors (Lipinski definition) is 12. The lowest BCUT2D eigenvalue weighted by Crippen LogP contribution is -2.45. The molecule has 0 amide bonds. The quantitative estimate of drug-likeness (QED) is 0.198. The van der Waals surface area contributed by atoms with Gasteiger partial charge in [0.15, 0.2) is 0 Å². The van der Waals surface area contributed by atoms with Crippen LogP contribution in [-0.4, -0.2) is 103 Å². The van der Waals surface area contributed by atoms with Crippen LogP contribution < -0.4 is 14.8 Å². The summed E-state index contributed by atoms with van der Waals surface area (Å²) in [7, 11) is 1.71. The highest BCUT2D eigenvalue weighted by Crippen LogP contribution is 2.35. The van der Waals surface area contributed by atoms with E-state index in [-0.39, 0.29) is 12.2 Å². The number of halogens is 1. The highest BCUT2D eigenvalue weighted by molar-refractivity contribution is 6.32. The number of nitrogens with zero attached hydrogens (tertiary/aromatic N) is 9. The second-order valence-electron chi connectivity index (χ2n) is 12.1. The maximum atomic E-state index is 6.49. The summed E-state index contributed by atoms with van der Waals surface area (Å²) in [6.07, 6.45) is 10.3. The number of tetrazole rings is 1. The van der Waals surface area contributed by atoms with Gasteiger partial charge in [-0.25, -0.2) is 14.6 Å². The average molecular weight is 667 g/mol. The van der Waals surface area contributed by atoms with Crippen LogP contribution in [0.4, 0.5) is 11.6 Å². The van der Waals surface area contributed by atoms with Crippen molar-refractivity contribution in [3.05, 3.63) is 48.0 Å². The lowest BCUT2D eigenvalue weighted by atomic mass is 9.90. The third-order valence-electron chi connectivity index (χ3n) is 8.76. The second kappa shape index (κ2) is 15.8. The van der Waals surface area contributed by atoms with Crippen molar-refractivity contribution in [1.29, 1.82) is 0 Å². The summed E-state index contributed by atoms with van der Waals surface area (Å²) in [5, 5.41) is 20.0. The van der Waals surface area contributed by atoms with Crippen LogP contribution >= 0.6 is 11.6 Å². The van der Waals surface area contributed by atoms with Crippen LogP contribution in [0.1, 0.15) is 52.0 Å². The summed E-state index contributed by atoms with van der Waals surface area (Å²) in [6, 6.07) is 8.34. The van der Waals surface area contributed by atoms with Gasteiger partial charge in [0.2, 0.25) is 5.95 Å². The molecule has 1 saturated heterocycles. The number of hydrogen-bond donors (Lipinski definition) is 1. The van der Waals surface area contributed by atoms with Crippen molar-refractivity contribution in [3.8, 4) is 22.9 Å². The van der Waals surface area contributed by atoms with E-state index in [0.717, 1.165) is 69.7 Å². The molecule has 14 nitrogen and oxygen atoms in total. The minimum Gasteiger partial charge on any atom is -0.487 e. The predicted molar refractivity (Wildman–Crippen MR) is 176 cm³/mol. The normalized spacial score (nSPS) is 20.1. The number of ether oxygens (including phenoxy) is 4. The van der Waals surface area contributed by atoms with E-state index in [2.05, 4.69) is 35.4 Å². The third kappa shape index (κ3) is 8.74. The van der Waals surface area contributed by atoms with E-state index < -0.39 is 0 Å². The maximum absolute atomic E-state index is 6.49. The Hall–Kier alpha value is -3.85. The lowest BCUT2D eigenvalue weighted by Gasteiger charge is -2.38. The SMILES string of the molecule is COC(C)CCOc1nn(C2CCC(N3CCOCC3)CC2)cc1Nc1nccc(-c2ccc(Cl)c(O[C@@H](C)Cn3cnnn3)c2)n1. The molecule has 1 aromatic carbocycles. The Labute approximate surface area is 279 Å². The standard InChI is InChI=1S/C32H43ClN10O4/c1-22(44-3)11-15-46-31-29(20-43(38-31)26-7-5-25(6-8-26)41-13-16-45-17-14-41)37-32-34-12-10-28(36-32)24-4-9-27(33)30(18-24)47-23(2)19-42-21-35-39-40-42/h4,9-10,12,18,20-23,25-26H,5-8,11,13-17,19H2,1-3H3,(H,34,36,37)/t22?,23-,25?,26?/m0/s1. The second-order valence-corrected chi connectivity index (χ2v) is 12.5. The third-order valence-corrected chi connectivity index (χ3v) is 9.07. The van der Waals surface area contributed by atoms with Crippen molar-refractivity contribution in [2.24, 2.45) is 0 Å². The highest BCUT2D eigenvalue weighted by atomic mass is 35.5. The first-order valence-electron chi connectivity index (χ1n) is 16.3. The van der Waals surface area contributed by atoms with E-state index >= 15 is 0 Å². The summed E-state index contributed by atoms with van der Waals surface area (Å²) < 4.78 is 27.0. The van der Waals surface area contributed by atoms with Gasteiger partial charge in [-0.05, 0) is 68.2 Å². The van der Waals surface area contributed by atoms with Gasteiger partial charge in [0, 0.05) is 44.4 Å². The van der Waals surface area contributed by atoms with Crippen molar-refractivity contribution < 1.29 is 18.9 Å². The number of morpholine rings is 1. The fourth-order valence-electron chi connectivity index (χ4n) is 6.06. The molecule has 2 aliphatic rings. The highest BCUT2D eigenvalue weighted by Gasteiger charge is 2.29. The van der Waals surface area contributed by atoms with Crippen molar-refractivity contribution >= 4 is 23.2 Å². The van der Waals surface area contributed by atoms with Crippen LogP contribution in [0.25, 0.3) is 11.3 Å². The molecule has 2 fully saturated rings. The van der Waals surface area contributed by atoms with Gasteiger partial charge in [-0.3, -0.25) is 9.58 Å². The minimum absolute atomic E-state index is 0.0831. The zero-order valence-electron chi connectivity index (χ0n) is 27.2. The Morgan fingerprint density at radius 1 is 1.06 bits per heavy atom. The molecular formula is C32H43ClN10O4. The molecule has 252 valence electrons. The molecule has 15 heteroatoms. The molecular weight excluding hydrogens is 624 g/mol. The Kier molecular flexibility index (Phi) is 11.1. The molecule has 0 radical (unpaired) electrons. The molecule has 2 atom stereocenters. The molecule has 4 heterocycles. The van der Waals surface area contributed by atoms with Gasteiger partial charge >= 0.3 is 0 Å². The number of benzene rings is 1. The number of methoxy groups -OCH3 is 1. The molecule has 4 aromatic rings. The van der Waals surface area contributed by atoms with Gasteiger partial charge in [-0.15, -0.1) is 10.2 Å². The zero-order chi connectivity index (χ0) is 32.6. The van der Waals surface area contributed by atoms with E-state index in [1.165, 1.54) is 0 Å². The first-order valence-corrected chi connectivity index (χ1v) is 16.7. The van der Waals surface area contributed by atoms with E-state index in [1.807, 2.05) is 38.2 Å². The van der Waals surface area contributed by atoms with Crippen molar-refractivity contribution in [2.45, 2.75) is 76.8 Å². The Balaban J connectivity index is 1.16. The Morgan fingerprint density at radius 3 is 2.64 bits per heavy atom.